The smallest absolute Gasteiger partial charge is 0.257 e. The van der Waals surface area contributed by atoms with Crippen LogP contribution in [0.4, 0.5) is 5.13 Å². The van der Waals surface area contributed by atoms with Crippen molar-refractivity contribution in [1.29, 1.82) is 0 Å². The zero-order valence-corrected chi connectivity index (χ0v) is 17.6. The summed E-state index contributed by atoms with van der Waals surface area (Å²) in [5.41, 5.74) is 3.71. The van der Waals surface area contributed by atoms with Crippen molar-refractivity contribution < 1.29 is 9.53 Å². The number of rotatable bonds is 3. The maximum Gasteiger partial charge on any atom is 0.257 e. The van der Waals surface area contributed by atoms with Gasteiger partial charge in [0.05, 0.1) is 21.8 Å². The fraction of sp³-hybridized carbons (Fsp3) is 0.167. The normalized spacial score (nSPS) is 10.6. The van der Waals surface area contributed by atoms with Crippen molar-refractivity contribution in [3.05, 3.63) is 51.5 Å². The molecular weight excluding hydrogens is 434 g/mol. The lowest BCUT2D eigenvalue weighted by molar-refractivity contribution is 0.0977. The van der Waals surface area contributed by atoms with E-state index in [1.54, 1.807) is 25.3 Å². The minimum absolute atomic E-state index is 0.204. The van der Waals surface area contributed by atoms with E-state index in [0.29, 0.717) is 20.9 Å². The summed E-state index contributed by atoms with van der Waals surface area (Å²) >= 11 is 10.1. The van der Waals surface area contributed by atoms with Crippen molar-refractivity contribution >= 4 is 65.9 Å². The molecule has 0 aliphatic carbocycles. The van der Waals surface area contributed by atoms with Crippen molar-refractivity contribution in [2.75, 3.05) is 12.4 Å². The monoisotopic (exact) mass is 449 g/mol. The number of benzene rings is 2. The maximum absolute atomic E-state index is 12.4. The van der Waals surface area contributed by atoms with Crippen LogP contribution in [0.25, 0.3) is 10.2 Å². The number of carbonyl (C=O) groups excluding carboxylic acids is 1. The van der Waals surface area contributed by atoms with Gasteiger partial charge in [-0.05, 0) is 77.4 Å². The number of anilines is 1. The van der Waals surface area contributed by atoms with E-state index < -0.39 is 0 Å². The number of methoxy groups -OCH3 is 1. The van der Waals surface area contributed by atoms with E-state index in [9.17, 15) is 4.79 Å². The second-order valence-corrected chi connectivity index (χ2v) is 8.00. The molecule has 2 N–H and O–H groups in total. The van der Waals surface area contributed by atoms with E-state index in [4.69, 9.17) is 17.0 Å². The molecule has 1 aromatic heterocycles. The van der Waals surface area contributed by atoms with Crippen LogP contribution in [-0.4, -0.2) is 23.1 Å². The van der Waals surface area contributed by atoms with Gasteiger partial charge in [0.1, 0.15) is 5.75 Å². The van der Waals surface area contributed by atoms with Crippen LogP contribution in [-0.2, 0) is 0 Å². The Labute approximate surface area is 168 Å². The topological polar surface area (TPSA) is 63.2 Å². The Morgan fingerprint density at radius 2 is 2.04 bits per heavy atom. The van der Waals surface area contributed by atoms with Gasteiger partial charge in [-0.15, -0.1) is 0 Å². The number of aryl methyl sites for hydroxylation is 2. The standard InChI is InChI=1S/C18H16BrN3O2S2/c1-9-6-10(2)15-14(7-9)26-18(20-15)22-17(25)21-16(23)11-4-5-13(24-3)12(19)8-11/h4-8H,1-3H3,(H2,20,21,22,23,25). The SMILES string of the molecule is COc1ccc(C(=O)NC(=S)Nc2nc3c(C)cc(C)cc3s2)cc1Br. The van der Waals surface area contributed by atoms with Crippen LogP contribution in [0.5, 0.6) is 5.75 Å². The number of ether oxygens (including phenoxy) is 1. The van der Waals surface area contributed by atoms with Crippen LogP contribution in [0.1, 0.15) is 21.5 Å². The zero-order chi connectivity index (χ0) is 18.8. The fourth-order valence-electron chi connectivity index (χ4n) is 2.54. The third kappa shape index (κ3) is 4.03. The molecule has 0 bridgehead atoms. The summed E-state index contributed by atoms with van der Waals surface area (Å²) in [5, 5.41) is 6.50. The van der Waals surface area contributed by atoms with Crippen LogP contribution < -0.4 is 15.4 Å². The zero-order valence-electron chi connectivity index (χ0n) is 14.3. The van der Waals surface area contributed by atoms with Gasteiger partial charge in [0, 0.05) is 5.56 Å². The summed E-state index contributed by atoms with van der Waals surface area (Å²) in [6.07, 6.45) is 0. The summed E-state index contributed by atoms with van der Waals surface area (Å²) in [6, 6.07) is 9.25. The predicted molar refractivity (Wildman–Crippen MR) is 113 cm³/mol. The molecule has 1 amide bonds. The first-order valence-corrected chi connectivity index (χ1v) is 9.73. The predicted octanol–water partition coefficient (Wildman–Crippen LogP) is 4.81. The molecule has 3 aromatic rings. The average molecular weight is 450 g/mol. The minimum atomic E-state index is -0.306. The van der Waals surface area contributed by atoms with Crippen molar-refractivity contribution in [3.63, 3.8) is 0 Å². The van der Waals surface area contributed by atoms with Gasteiger partial charge in [-0.25, -0.2) is 4.98 Å². The Morgan fingerprint density at radius 3 is 2.73 bits per heavy atom. The Morgan fingerprint density at radius 1 is 1.27 bits per heavy atom. The number of nitrogens with zero attached hydrogens (tertiary/aromatic N) is 1. The van der Waals surface area contributed by atoms with Crippen LogP contribution in [0, 0.1) is 13.8 Å². The summed E-state index contributed by atoms with van der Waals surface area (Å²) in [5.74, 6) is 0.348. The molecule has 3 rings (SSSR count). The van der Waals surface area contributed by atoms with Gasteiger partial charge in [0.2, 0.25) is 0 Å². The highest BCUT2D eigenvalue weighted by Gasteiger charge is 2.13. The number of nitrogens with one attached hydrogen (secondary N) is 2. The van der Waals surface area contributed by atoms with Crippen LogP contribution in [0.3, 0.4) is 0 Å². The lowest BCUT2D eigenvalue weighted by Gasteiger charge is -2.09. The Bertz CT molecular complexity index is 1020. The summed E-state index contributed by atoms with van der Waals surface area (Å²) in [7, 11) is 1.57. The average Bonchev–Trinajstić information content (AvgIpc) is 2.97. The number of aromatic nitrogens is 1. The number of amides is 1. The van der Waals surface area contributed by atoms with E-state index in [0.717, 1.165) is 15.8 Å². The molecule has 26 heavy (non-hydrogen) atoms. The van der Waals surface area contributed by atoms with E-state index in [1.807, 2.05) is 6.92 Å². The Balaban J connectivity index is 1.71. The van der Waals surface area contributed by atoms with Crippen molar-refractivity contribution in [1.82, 2.24) is 10.3 Å². The molecule has 0 radical (unpaired) electrons. The molecule has 0 atom stereocenters. The Kier molecular flexibility index (Phi) is 5.55. The van der Waals surface area contributed by atoms with Crippen molar-refractivity contribution in [2.24, 2.45) is 0 Å². The molecule has 0 saturated carbocycles. The third-order valence-corrected chi connectivity index (χ3v) is 5.43. The molecule has 0 unspecified atom stereocenters. The first kappa shape index (κ1) is 18.8. The molecular formula is C18H16BrN3O2S2. The number of hydrogen-bond donors (Lipinski definition) is 2. The largest absolute Gasteiger partial charge is 0.496 e. The number of hydrogen-bond acceptors (Lipinski definition) is 5. The van der Waals surface area contributed by atoms with E-state index in [-0.39, 0.29) is 11.0 Å². The second kappa shape index (κ2) is 7.69. The fourth-order valence-corrected chi connectivity index (χ4v) is 4.38. The van der Waals surface area contributed by atoms with Gasteiger partial charge in [-0.2, -0.15) is 0 Å². The Hall–Kier alpha value is -2.03. The van der Waals surface area contributed by atoms with E-state index in [2.05, 4.69) is 50.6 Å². The molecule has 0 saturated heterocycles. The maximum atomic E-state index is 12.4. The number of thiazole rings is 1. The molecule has 8 heteroatoms. The number of halogens is 1. The minimum Gasteiger partial charge on any atom is -0.496 e. The molecule has 2 aromatic carbocycles. The van der Waals surface area contributed by atoms with Gasteiger partial charge in [0.15, 0.2) is 10.2 Å². The number of thiocarbonyl (C=S) groups is 1. The van der Waals surface area contributed by atoms with Crippen molar-refractivity contribution in [2.45, 2.75) is 13.8 Å². The first-order valence-electron chi connectivity index (χ1n) is 7.71. The second-order valence-electron chi connectivity index (χ2n) is 5.71. The highest BCUT2D eigenvalue weighted by molar-refractivity contribution is 9.10. The van der Waals surface area contributed by atoms with Gasteiger partial charge < -0.3 is 10.1 Å². The quantitative estimate of drug-likeness (QED) is 0.561. The molecule has 5 nitrogen and oxygen atoms in total. The molecule has 134 valence electrons. The highest BCUT2D eigenvalue weighted by atomic mass is 79.9. The summed E-state index contributed by atoms with van der Waals surface area (Å²) in [6.45, 7) is 4.08. The lowest BCUT2D eigenvalue weighted by Crippen LogP contribution is -2.34. The van der Waals surface area contributed by atoms with Gasteiger partial charge >= 0.3 is 0 Å². The molecule has 0 aliphatic rings. The van der Waals surface area contributed by atoms with Gasteiger partial charge in [-0.1, -0.05) is 17.4 Å². The molecule has 0 aliphatic heterocycles. The number of carbonyl (C=O) groups is 1. The number of fused-ring (bicyclic) bond motifs is 1. The molecule has 0 spiro atoms. The first-order chi connectivity index (χ1) is 12.4. The van der Waals surface area contributed by atoms with Crippen LogP contribution in [0.2, 0.25) is 0 Å². The van der Waals surface area contributed by atoms with Crippen LogP contribution in [0.15, 0.2) is 34.8 Å². The summed E-state index contributed by atoms with van der Waals surface area (Å²) < 4.78 is 6.94. The van der Waals surface area contributed by atoms with E-state index >= 15 is 0 Å². The van der Waals surface area contributed by atoms with Crippen LogP contribution >= 0.6 is 39.5 Å². The van der Waals surface area contributed by atoms with Gasteiger partial charge in [-0.3, -0.25) is 10.1 Å². The molecule has 1 heterocycles. The van der Waals surface area contributed by atoms with Gasteiger partial charge in [0.25, 0.3) is 5.91 Å². The highest BCUT2D eigenvalue weighted by Crippen LogP contribution is 2.29. The third-order valence-electron chi connectivity index (χ3n) is 3.69. The van der Waals surface area contributed by atoms with E-state index in [1.165, 1.54) is 16.9 Å². The van der Waals surface area contributed by atoms with Crippen molar-refractivity contribution in [3.8, 4) is 5.75 Å². The lowest BCUT2D eigenvalue weighted by atomic mass is 10.1. The molecule has 0 fully saturated rings. The summed E-state index contributed by atoms with van der Waals surface area (Å²) in [4.78, 5) is 16.9.